The SMILES string of the molecule is CC(C)(C)c1ccc(/C=C(\C#N)C(=O)Nc2nccs2)cc1. The van der Waals surface area contributed by atoms with Crippen molar-refractivity contribution >= 4 is 28.5 Å². The quantitative estimate of drug-likeness (QED) is 0.688. The lowest BCUT2D eigenvalue weighted by Crippen LogP contribution is -2.13. The van der Waals surface area contributed by atoms with E-state index in [1.807, 2.05) is 30.3 Å². The van der Waals surface area contributed by atoms with Crippen LogP contribution in [-0.4, -0.2) is 10.9 Å². The Hall–Kier alpha value is -2.45. The van der Waals surface area contributed by atoms with Crippen molar-refractivity contribution in [3.63, 3.8) is 0 Å². The zero-order valence-corrected chi connectivity index (χ0v) is 13.6. The van der Waals surface area contributed by atoms with Gasteiger partial charge < -0.3 is 0 Å². The van der Waals surface area contributed by atoms with Crippen molar-refractivity contribution in [3.05, 3.63) is 52.5 Å². The van der Waals surface area contributed by atoms with Crippen LogP contribution in [0.1, 0.15) is 31.9 Å². The predicted octanol–water partition coefficient (Wildman–Crippen LogP) is 3.99. The number of carbonyl (C=O) groups is 1. The van der Waals surface area contributed by atoms with E-state index in [0.717, 1.165) is 5.56 Å². The second kappa shape index (κ2) is 6.54. The first-order chi connectivity index (χ1) is 10.4. The maximum absolute atomic E-state index is 12.0. The standard InChI is InChI=1S/C17H17N3OS/c1-17(2,3)14-6-4-12(5-7-14)10-13(11-18)15(21)20-16-19-8-9-22-16/h4-10H,1-3H3,(H,19,20,21)/b13-10+. The molecule has 1 heterocycles. The summed E-state index contributed by atoms with van der Waals surface area (Å²) in [4.78, 5) is 16.0. The summed E-state index contributed by atoms with van der Waals surface area (Å²) in [5, 5.41) is 14.0. The van der Waals surface area contributed by atoms with Gasteiger partial charge >= 0.3 is 0 Å². The zero-order valence-electron chi connectivity index (χ0n) is 12.8. The van der Waals surface area contributed by atoms with Crippen LogP contribution in [0.2, 0.25) is 0 Å². The van der Waals surface area contributed by atoms with Crippen LogP contribution in [-0.2, 0) is 10.2 Å². The molecule has 0 aliphatic carbocycles. The molecule has 1 N–H and O–H groups in total. The number of aromatic nitrogens is 1. The van der Waals surface area contributed by atoms with Crippen LogP contribution in [0.4, 0.5) is 5.13 Å². The number of carbonyl (C=O) groups excluding carboxylic acids is 1. The van der Waals surface area contributed by atoms with Crippen molar-refractivity contribution in [1.82, 2.24) is 4.98 Å². The van der Waals surface area contributed by atoms with Gasteiger partial charge in [-0.1, -0.05) is 45.0 Å². The lowest BCUT2D eigenvalue weighted by molar-refractivity contribution is -0.112. The Morgan fingerprint density at radius 3 is 2.50 bits per heavy atom. The molecular weight excluding hydrogens is 294 g/mol. The van der Waals surface area contributed by atoms with Gasteiger partial charge in [0, 0.05) is 11.6 Å². The number of amides is 1. The highest BCUT2D eigenvalue weighted by Crippen LogP contribution is 2.23. The summed E-state index contributed by atoms with van der Waals surface area (Å²) in [6.07, 6.45) is 3.18. The number of nitrogens with one attached hydrogen (secondary N) is 1. The fourth-order valence-corrected chi connectivity index (χ4v) is 2.37. The number of hydrogen-bond donors (Lipinski definition) is 1. The van der Waals surface area contributed by atoms with Crippen molar-refractivity contribution in [2.24, 2.45) is 0 Å². The first-order valence-electron chi connectivity index (χ1n) is 6.83. The number of nitrogens with zero attached hydrogens (tertiary/aromatic N) is 2. The minimum atomic E-state index is -0.447. The predicted molar refractivity (Wildman–Crippen MR) is 89.5 cm³/mol. The van der Waals surface area contributed by atoms with Crippen molar-refractivity contribution < 1.29 is 4.79 Å². The van der Waals surface area contributed by atoms with Crippen LogP contribution >= 0.6 is 11.3 Å². The molecule has 0 aliphatic heterocycles. The van der Waals surface area contributed by atoms with Gasteiger partial charge in [0.1, 0.15) is 11.6 Å². The number of thiazole rings is 1. The van der Waals surface area contributed by atoms with Gasteiger partial charge in [-0.15, -0.1) is 11.3 Å². The molecule has 0 spiro atoms. The molecule has 2 aromatic rings. The Morgan fingerprint density at radius 2 is 2.00 bits per heavy atom. The highest BCUT2D eigenvalue weighted by molar-refractivity contribution is 7.13. The molecule has 1 aromatic carbocycles. The maximum atomic E-state index is 12.0. The summed E-state index contributed by atoms with van der Waals surface area (Å²) < 4.78 is 0. The van der Waals surface area contributed by atoms with E-state index >= 15 is 0 Å². The fourth-order valence-electron chi connectivity index (χ4n) is 1.84. The molecule has 22 heavy (non-hydrogen) atoms. The molecule has 112 valence electrons. The average molecular weight is 311 g/mol. The van der Waals surface area contributed by atoms with Crippen LogP contribution in [0.3, 0.4) is 0 Å². The molecule has 0 saturated carbocycles. The third-order valence-corrected chi connectivity index (χ3v) is 3.79. The third kappa shape index (κ3) is 4.03. The molecule has 1 aromatic heterocycles. The van der Waals surface area contributed by atoms with Crippen LogP contribution in [0.15, 0.2) is 41.4 Å². The molecule has 0 unspecified atom stereocenters. The molecule has 1 amide bonds. The van der Waals surface area contributed by atoms with E-state index in [4.69, 9.17) is 0 Å². The smallest absolute Gasteiger partial charge is 0.268 e. The van der Waals surface area contributed by atoms with Crippen LogP contribution in [0, 0.1) is 11.3 Å². The summed E-state index contributed by atoms with van der Waals surface area (Å²) in [5.41, 5.74) is 2.15. The molecule has 4 nitrogen and oxygen atoms in total. The first-order valence-corrected chi connectivity index (χ1v) is 7.71. The van der Waals surface area contributed by atoms with Crippen LogP contribution in [0.25, 0.3) is 6.08 Å². The second-order valence-electron chi connectivity index (χ2n) is 5.83. The Balaban J connectivity index is 2.18. The van der Waals surface area contributed by atoms with E-state index in [2.05, 4.69) is 31.1 Å². The van der Waals surface area contributed by atoms with Gasteiger partial charge in [0.15, 0.2) is 5.13 Å². The minimum Gasteiger partial charge on any atom is -0.297 e. The van der Waals surface area contributed by atoms with E-state index < -0.39 is 5.91 Å². The van der Waals surface area contributed by atoms with Gasteiger partial charge in [-0.25, -0.2) is 4.98 Å². The van der Waals surface area contributed by atoms with Crippen molar-refractivity contribution in [2.75, 3.05) is 5.32 Å². The molecule has 0 fully saturated rings. The Kier molecular flexibility index (Phi) is 4.74. The normalized spacial score (nSPS) is 11.8. The monoisotopic (exact) mass is 311 g/mol. The van der Waals surface area contributed by atoms with Gasteiger partial charge in [-0.05, 0) is 22.6 Å². The van der Waals surface area contributed by atoms with Crippen molar-refractivity contribution in [2.45, 2.75) is 26.2 Å². The Bertz CT molecular complexity index is 717. The van der Waals surface area contributed by atoms with Crippen molar-refractivity contribution in [1.29, 1.82) is 5.26 Å². The molecule has 2 rings (SSSR count). The topological polar surface area (TPSA) is 65.8 Å². The Labute approximate surface area is 134 Å². The van der Waals surface area contributed by atoms with Gasteiger partial charge in [0.25, 0.3) is 5.91 Å². The highest BCUT2D eigenvalue weighted by atomic mass is 32.1. The Morgan fingerprint density at radius 1 is 1.32 bits per heavy atom. The lowest BCUT2D eigenvalue weighted by atomic mass is 9.86. The molecule has 0 bridgehead atoms. The third-order valence-electron chi connectivity index (χ3n) is 3.11. The van der Waals surface area contributed by atoms with Gasteiger partial charge in [-0.3, -0.25) is 10.1 Å². The van der Waals surface area contributed by atoms with Gasteiger partial charge in [0.2, 0.25) is 0 Å². The molecule has 0 aliphatic rings. The number of nitriles is 1. The molecule has 0 atom stereocenters. The van der Waals surface area contributed by atoms with Gasteiger partial charge in [-0.2, -0.15) is 5.26 Å². The zero-order chi connectivity index (χ0) is 16.2. The van der Waals surface area contributed by atoms with Crippen molar-refractivity contribution in [3.8, 4) is 6.07 Å². The average Bonchev–Trinajstić information content (AvgIpc) is 2.97. The molecule has 0 radical (unpaired) electrons. The van der Waals surface area contributed by atoms with E-state index in [9.17, 15) is 10.1 Å². The summed E-state index contributed by atoms with van der Waals surface area (Å²) in [6.45, 7) is 6.42. The van der Waals surface area contributed by atoms with E-state index in [-0.39, 0.29) is 11.0 Å². The maximum Gasteiger partial charge on any atom is 0.268 e. The molecular formula is C17H17N3OS. The lowest BCUT2D eigenvalue weighted by Gasteiger charge is -2.18. The van der Waals surface area contributed by atoms with E-state index in [1.165, 1.54) is 16.9 Å². The molecule has 0 saturated heterocycles. The number of hydrogen-bond acceptors (Lipinski definition) is 4. The molecule has 5 heteroatoms. The highest BCUT2D eigenvalue weighted by Gasteiger charge is 2.14. The van der Waals surface area contributed by atoms with E-state index in [0.29, 0.717) is 5.13 Å². The summed E-state index contributed by atoms with van der Waals surface area (Å²) in [6, 6.07) is 9.78. The van der Waals surface area contributed by atoms with E-state index in [1.54, 1.807) is 17.7 Å². The minimum absolute atomic E-state index is 0.0544. The van der Waals surface area contributed by atoms with Crippen LogP contribution in [0.5, 0.6) is 0 Å². The fraction of sp³-hybridized carbons (Fsp3) is 0.235. The number of rotatable bonds is 3. The largest absolute Gasteiger partial charge is 0.297 e. The van der Waals surface area contributed by atoms with Crippen LogP contribution < -0.4 is 5.32 Å². The summed E-state index contributed by atoms with van der Waals surface area (Å²) >= 11 is 1.31. The first kappa shape index (κ1) is 15.9. The van der Waals surface area contributed by atoms with Gasteiger partial charge in [0.05, 0.1) is 0 Å². The number of benzene rings is 1. The second-order valence-corrected chi connectivity index (χ2v) is 6.73. The summed E-state index contributed by atoms with van der Waals surface area (Å²) in [5.74, 6) is -0.447. The number of anilines is 1. The summed E-state index contributed by atoms with van der Waals surface area (Å²) in [7, 11) is 0.